The number of aryl methyl sites for hydroxylation is 1. The normalized spacial score (nSPS) is 15.9. The van der Waals surface area contributed by atoms with Gasteiger partial charge in [-0.05, 0) is 61.3 Å². The number of nitrogens with zero attached hydrogens (tertiary/aromatic N) is 4. The molecule has 0 N–H and O–H groups in total. The van der Waals surface area contributed by atoms with Crippen molar-refractivity contribution in [3.05, 3.63) is 78.5 Å². The van der Waals surface area contributed by atoms with Crippen LogP contribution in [0.15, 0.2) is 72.9 Å². The second kappa shape index (κ2) is 9.84. The maximum absolute atomic E-state index is 11.7. The van der Waals surface area contributed by atoms with Gasteiger partial charge in [-0.25, -0.2) is 13.4 Å². The Morgan fingerprint density at radius 1 is 0.943 bits per heavy atom. The van der Waals surface area contributed by atoms with E-state index in [1.807, 2.05) is 20.2 Å². The van der Waals surface area contributed by atoms with Crippen molar-refractivity contribution in [2.45, 2.75) is 12.8 Å². The van der Waals surface area contributed by atoms with Crippen molar-refractivity contribution < 1.29 is 8.42 Å². The first-order valence-corrected chi connectivity index (χ1v) is 14.0. The summed E-state index contributed by atoms with van der Waals surface area (Å²) in [6.07, 6.45) is 4.13. The van der Waals surface area contributed by atoms with Crippen molar-refractivity contribution in [1.82, 2.24) is 14.5 Å². The fourth-order valence-electron chi connectivity index (χ4n) is 4.72. The zero-order chi connectivity index (χ0) is 24.4. The smallest absolute Gasteiger partial charge is 0.152 e. The minimum Gasteiger partial charge on any atom is -0.378 e. The minimum absolute atomic E-state index is 0.280. The lowest BCUT2D eigenvalue weighted by molar-refractivity contribution is 0.292. The van der Waals surface area contributed by atoms with E-state index < -0.39 is 9.84 Å². The molecule has 7 heteroatoms. The fourth-order valence-corrected chi connectivity index (χ4v) is 6.00. The summed E-state index contributed by atoms with van der Waals surface area (Å²) in [5.74, 6) is 0.560. The van der Waals surface area contributed by atoms with Gasteiger partial charge in [-0.2, -0.15) is 0 Å². The van der Waals surface area contributed by atoms with Gasteiger partial charge in [0.25, 0.3) is 0 Å². The first-order chi connectivity index (χ1) is 16.9. The summed E-state index contributed by atoms with van der Waals surface area (Å²) >= 11 is 0. The molecule has 4 aromatic rings. The first kappa shape index (κ1) is 23.6. The van der Waals surface area contributed by atoms with Crippen molar-refractivity contribution >= 4 is 26.6 Å². The van der Waals surface area contributed by atoms with Crippen LogP contribution in [0.2, 0.25) is 0 Å². The van der Waals surface area contributed by atoms with Crippen LogP contribution in [0.1, 0.15) is 12.0 Å². The van der Waals surface area contributed by atoms with Crippen molar-refractivity contribution in [3.8, 4) is 16.9 Å². The Kier molecular flexibility index (Phi) is 6.62. The SMILES string of the molecule is CN(C)c1cccc(-c2ccc3c(CCCN4CCS(=O)(=O)CC4)cn(-c4ccccc4)c3n2)c1. The molecular weight excluding hydrogens is 456 g/mol. The molecule has 0 amide bonds. The van der Waals surface area contributed by atoms with E-state index in [2.05, 4.69) is 81.2 Å². The third-order valence-electron chi connectivity index (χ3n) is 6.78. The number of hydrogen-bond acceptors (Lipinski definition) is 5. The van der Waals surface area contributed by atoms with Gasteiger partial charge in [0.05, 0.1) is 17.2 Å². The summed E-state index contributed by atoms with van der Waals surface area (Å²) < 4.78 is 25.6. The standard InChI is InChI=1S/C28H32N4O2S/c1-30(2)25-12-6-8-22(20-25)27-14-13-26-23(9-7-15-31-16-18-35(33,34)19-17-31)21-32(28(26)29-27)24-10-4-3-5-11-24/h3-6,8,10-14,20-21H,7,9,15-19H2,1-2H3. The first-order valence-electron chi connectivity index (χ1n) is 12.2. The lowest BCUT2D eigenvalue weighted by atomic mass is 10.1. The molecule has 0 unspecified atom stereocenters. The highest BCUT2D eigenvalue weighted by Crippen LogP contribution is 2.29. The monoisotopic (exact) mass is 488 g/mol. The van der Waals surface area contributed by atoms with Gasteiger partial charge < -0.3 is 14.4 Å². The second-order valence-corrected chi connectivity index (χ2v) is 11.8. The Bertz CT molecular complexity index is 1410. The van der Waals surface area contributed by atoms with Gasteiger partial charge in [-0.15, -0.1) is 0 Å². The number of rotatable bonds is 7. The quantitative estimate of drug-likeness (QED) is 0.385. The molecule has 0 atom stereocenters. The molecular formula is C28H32N4O2S. The number of benzene rings is 2. The maximum atomic E-state index is 11.7. The summed E-state index contributed by atoms with van der Waals surface area (Å²) in [6.45, 7) is 2.20. The molecule has 0 aliphatic carbocycles. The lowest BCUT2D eigenvalue weighted by Gasteiger charge is -2.26. The molecule has 6 nitrogen and oxygen atoms in total. The third-order valence-corrected chi connectivity index (χ3v) is 8.39. The molecule has 35 heavy (non-hydrogen) atoms. The van der Waals surface area contributed by atoms with Gasteiger partial charge in [0.15, 0.2) is 9.84 Å². The highest BCUT2D eigenvalue weighted by Gasteiger charge is 2.21. The molecule has 1 fully saturated rings. The van der Waals surface area contributed by atoms with E-state index in [0.717, 1.165) is 47.7 Å². The van der Waals surface area contributed by atoms with Gasteiger partial charge >= 0.3 is 0 Å². The second-order valence-electron chi connectivity index (χ2n) is 9.47. The summed E-state index contributed by atoms with van der Waals surface area (Å²) in [7, 11) is 1.25. The molecule has 182 valence electrons. The molecule has 3 heterocycles. The van der Waals surface area contributed by atoms with E-state index in [-0.39, 0.29) is 11.5 Å². The summed E-state index contributed by atoms with van der Waals surface area (Å²) in [4.78, 5) is 9.50. The number of sulfone groups is 1. The number of aromatic nitrogens is 2. The molecule has 0 spiro atoms. The van der Waals surface area contributed by atoms with Gasteiger partial charge in [-0.3, -0.25) is 0 Å². The molecule has 1 aliphatic rings. The van der Waals surface area contributed by atoms with Crippen LogP contribution in [-0.2, 0) is 16.3 Å². The van der Waals surface area contributed by atoms with Crippen LogP contribution >= 0.6 is 0 Å². The molecule has 5 rings (SSSR count). The van der Waals surface area contributed by atoms with Gasteiger partial charge in [-0.1, -0.05) is 30.3 Å². The number of pyridine rings is 1. The molecule has 2 aromatic carbocycles. The predicted molar refractivity (Wildman–Crippen MR) is 144 cm³/mol. The number of para-hydroxylation sites is 1. The van der Waals surface area contributed by atoms with E-state index in [4.69, 9.17) is 4.98 Å². The van der Waals surface area contributed by atoms with Crippen molar-refractivity contribution in [1.29, 1.82) is 0 Å². The molecule has 0 saturated carbocycles. The maximum Gasteiger partial charge on any atom is 0.152 e. The van der Waals surface area contributed by atoms with Crippen molar-refractivity contribution in [2.24, 2.45) is 0 Å². The number of anilines is 1. The average molecular weight is 489 g/mol. The van der Waals surface area contributed by atoms with Crippen LogP contribution < -0.4 is 4.90 Å². The summed E-state index contributed by atoms with van der Waals surface area (Å²) in [6, 6.07) is 23.1. The van der Waals surface area contributed by atoms with Crippen molar-refractivity contribution in [3.63, 3.8) is 0 Å². The largest absolute Gasteiger partial charge is 0.378 e. The van der Waals surface area contributed by atoms with Crippen LogP contribution in [0.4, 0.5) is 5.69 Å². The zero-order valence-corrected chi connectivity index (χ0v) is 21.2. The third kappa shape index (κ3) is 5.26. The lowest BCUT2D eigenvalue weighted by Crippen LogP contribution is -2.40. The molecule has 0 bridgehead atoms. The Hall–Kier alpha value is -3.16. The van der Waals surface area contributed by atoms with Crippen molar-refractivity contribution in [2.75, 3.05) is 50.1 Å². The number of fused-ring (bicyclic) bond motifs is 1. The molecule has 1 saturated heterocycles. The predicted octanol–water partition coefficient (Wildman–Crippen LogP) is 4.42. The topological polar surface area (TPSA) is 58.4 Å². The van der Waals surface area contributed by atoms with Gasteiger partial charge in [0.1, 0.15) is 5.65 Å². The highest BCUT2D eigenvalue weighted by atomic mass is 32.2. The van der Waals surface area contributed by atoms with E-state index in [1.54, 1.807) is 0 Å². The van der Waals surface area contributed by atoms with Crippen LogP contribution in [0.5, 0.6) is 0 Å². The fraction of sp³-hybridized carbons (Fsp3) is 0.321. The van der Waals surface area contributed by atoms with Crippen LogP contribution in [-0.4, -0.2) is 68.1 Å². The average Bonchev–Trinajstić information content (AvgIpc) is 3.23. The Balaban J connectivity index is 1.44. The Labute approximate surface area is 207 Å². The minimum atomic E-state index is -2.84. The van der Waals surface area contributed by atoms with Gasteiger partial charge in [0.2, 0.25) is 0 Å². The zero-order valence-electron chi connectivity index (χ0n) is 20.4. The Morgan fingerprint density at radius 3 is 2.46 bits per heavy atom. The summed E-state index contributed by atoms with van der Waals surface area (Å²) in [5.41, 5.74) is 6.53. The highest BCUT2D eigenvalue weighted by molar-refractivity contribution is 7.91. The van der Waals surface area contributed by atoms with Crippen LogP contribution in [0.3, 0.4) is 0 Å². The van der Waals surface area contributed by atoms with Gasteiger partial charge in [0, 0.05) is 55.7 Å². The van der Waals surface area contributed by atoms with E-state index in [9.17, 15) is 8.42 Å². The van der Waals surface area contributed by atoms with Crippen LogP contribution in [0.25, 0.3) is 28.0 Å². The van der Waals surface area contributed by atoms with E-state index >= 15 is 0 Å². The Morgan fingerprint density at radius 2 is 1.71 bits per heavy atom. The molecule has 1 aliphatic heterocycles. The molecule has 2 aromatic heterocycles. The van der Waals surface area contributed by atoms with E-state index in [0.29, 0.717) is 13.1 Å². The van der Waals surface area contributed by atoms with Crippen LogP contribution in [0, 0.1) is 0 Å². The summed E-state index contributed by atoms with van der Waals surface area (Å²) in [5, 5.41) is 1.17. The molecule has 0 radical (unpaired) electrons. The van der Waals surface area contributed by atoms with E-state index in [1.165, 1.54) is 10.9 Å². The number of hydrogen-bond donors (Lipinski definition) is 0.